The molecule has 0 aliphatic heterocycles. The van der Waals surface area contributed by atoms with Crippen molar-refractivity contribution >= 4 is 18.0 Å². The SMILES string of the molecule is CC(C)(C)N(CCC(=O)O)C(=O)C1CC1CNC(=O)OCC1c2ccccc2-c2ccccc21. The van der Waals surface area contributed by atoms with Crippen molar-refractivity contribution in [2.24, 2.45) is 11.8 Å². The van der Waals surface area contributed by atoms with Crippen LogP contribution in [0.4, 0.5) is 4.79 Å². The highest BCUT2D eigenvalue weighted by Gasteiger charge is 2.46. The minimum Gasteiger partial charge on any atom is -0.481 e. The van der Waals surface area contributed by atoms with Crippen LogP contribution < -0.4 is 5.32 Å². The summed E-state index contributed by atoms with van der Waals surface area (Å²) in [6, 6.07) is 16.4. The van der Waals surface area contributed by atoms with E-state index in [9.17, 15) is 14.4 Å². The minimum atomic E-state index is -0.925. The van der Waals surface area contributed by atoms with E-state index >= 15 is 0 Å². The summed E-state index contributed by atoms with van der Waals surface area (Å²) >= 11 is 0. The van der Waals surface area contributed by atoms with E-state index in [4.69, 9.17) is 9.84 Å². The highest BCUT2D eigenvalue weighted by molar-refractivity contribution is 5.83. The number of alkyl carbamates (subject to hydrolysis) is 1. The van der Waals surface area contributed by atoms with Crippen LogP contribution in [0.5, 0.6) is 0 Å². The second-order valence-corrected chi connectivity index (χ2v) is 10.1. The van der Waals surface area contributed by atoms with Gasteiger partial charge in [0.25, 0.3) is 0 Å². The van der Waals surface area contributed by atoms with E-state index in [1.165, 1.54) is 11.1 Å². The highest BCUT2D eigenvalue weighted by Crippen LogP contribution is 2.44. The standard InChI is InChI=1S/C27H32N2O5/c1-27(2,3)29(13-12-24(30)31)25(32)22-14-17(22)15-28-26(33)34-16-23-20-10-6-4-8-18(20)19-9-5-7-11-21(19)23/h4-11,17,22-23H,12-16H2,1-3H3,(H,28,33)(H,30,31). The molecule has 0 bridgehead atoms. The number of hydrogen-bond donors (Lipinski definition) is 2. The fraction of sp³-hybridized carbons (Fsp3) is 0.444. The van der Waals surface area contributed by atoms with Crippen molar-refractivity contribution in [2.75, 3.05) is 19.7 Å². The van der Waals surface area contributed by atoms with Gasteiger partial charge in [0.15, 0.2) is 0 Å². The topological polar surface area (TPSA) is 95.9 Å². The van der Waals surface area contributed by atoms with Crippen LogP contribution in [0.25, 0.3) is 11.1 Å². The van der Waals surface area contributed by atoms with E-state index in [2.05, 4.69) is 29.6 Å². The first-order chi connectivity index (χ1) is 16.2. The van der Waals surface area contributed by atoms with Crippen molar-refractivity contribution in [1.29, 1.82) is 0 Å². The van der Waals surface area contributed by atoms with Crippen LogP contribution in [0.2, 0.25) is 0 Å². The Morgan fingerprint density at radius 2 is 1.62 bits per heavy atom. The number of benzene rings is 2. The van der Waals surface area contributed by atoms with Crippen LogP contribution in [-0.2, 0) is 14.3 Å². The van der Waals surface area contributed by atoms with E-state index in [-0.39, 0.29) is 43.2 Å². The molecule has 0 radical (unpaired) electrons. The molecule has 7 nitrogen and oxygen atoms in total. The highest BCUT2D eigenvalue weighted by atomic mass is 16.5. The van der Waals surface area contributed by atoms with Crippen LogP contribution in [0, 0.1) is 11.8 Å². The number of nitrogens with one attached hydrogen (secondary N) is 1. The third kappa shape index (κ3) is 5.08. The Balaban J connectivity index is 1.28. The summed E-state index contributed by atoms with van der Waals surface area (Å²) in [4.78, 5) is 38.0. The van der Waals surface area contributed by atoms with Gasteiger partial charge < -0.3 is 20.1 Å². The Labute approximate surface area is 200 Å². The summed E-state index contributed by atoms with van der Waals surface area (Å²) in [6.45, 7) is 6.50. The van der Waals surface area contributed by atoms with Gasteiger partial charge in [0, 0.05) is 30.5 Å². The first-order valence-corrected chi connectivity index (χ1v) is 11.8. The second kappa shape index (κ2) is 9.49. The Morgan fingerprint density at radius 1 is 1.03 bits per heavy atom. The Morgan fingerprint density at radius 3 is 2.18 bits per heavy atom. The number of carboxylic acids is 1. The molecule has 0 saturated heterocycles. The van der Waals surface area contributed by atoms with Crippen molar-refractivity contribution in [3.05, 3.63) is 59.7 Å². The molecule has 2 amide bonds. The number of carbonyl (C=O) groups excluding carboxylic acids is 2. The number of carboxylic acid groups (broad SMARTS) is 1. The van der Waals surface area contributed by atoms with Gasteiger partial charge in [-0.25, -0.2) is 4.79 Å². The number of hydrogen-bond acceptors (Lipinski definition) is 4. The molecule has 1 fully saturated rings. The average molecular weight is 465 g/mol. The first kappa shape index (κ1) is 23.8. The molecule has 4 rings (SSSR count). The van der Waals surface area contributed by atoms with E-state index < -0.39 is 17.6 Å². The molecule has 2 aliphatic carbocycles. The van der Waals surface area contributed by atoms with E-state index in [1.807, 2.05) is 45.0 Å². The van der Waals surface area contributed by atoms with Gasteiger partial charge in [-0.1, -0.05) is 48.5 Å². The van der Waals surface area contributed by atoms with Gasteiger partial charge in [-0.05, 0) is 55.4 Å². The summed E-state index contributed by atoms with van der Waals surface area (Å²) in [7, 11) is 0. The number of fused-ring (bicyclic) bond motifs is 3. The fourth-order valence-electron chi connectivity index (χ4n) is 4.82. The predicted octanol–water partition coefficient (Wildman–Crippen LogP) is 4.26. The maximum absolute atomic E-state index is 12.9. The molecule has 2 aliphatic rings. The third-order valence-corrected chi connectivity index (χ3v) is 6.72. The van der Waals surface area contributed by atoms with Crippen molar-refractivity contribution in [1.82, 2.24) is 10.2 Å². The maximum Gasteiger partial charge on any atom is 0.407 e. The lowest BCUT2D eigenvalue weighted by Gasteiger charge is -2.35. The molecule has 7 heteroatoms. The van der Waals surface area contributed by atoms with Crippen molar-refractivity contribution in [2.45, 2.75) is 45.1 Å². The summed E-state index contributed by atoms with van der Waals surface area (Å²) in [5, 5.41) is 11.8. The zero-order valence-corrected chi connectivity index (χ0v) is 19.9. The summed E-state index contributed by atoms with van der Waals surface area (Å²) < 4.78 is 5.57. The molecule has 2 aromatic rings. The number of aliphatic carboxylic acids is 1. The largest absolute Gasteiger partial charge is 0.481 e. The minimum absolute atomic E-state index is 0.00276. The van der Waals surface area contributed by atoms with E-state index in [0.29, 0.717) is 13.0 Å². The predicted molar refractivity (Wildman–Crippen MR) is 128 cm³/mol. The van der Waals surface area contributed by atoms with Crippen LogP contribution >= 0.6 is 0 Å². The molecule has 2 unspecified atom stereocenters. The van der Waals surface area contributed by atoms with Crippen LogP contribution in [0.15, 0.2) is 48.5 Å². The maximum atomic E-state index is 12.9. The molecule has 0 aromatic heterocycles. The normalized spacial score (nSPS) is 18.6. The molecule has 0 heterocycles. The lowest BCUT2D eigenvalue weighted by Crippen LogP contribution is -2.47. The monoisotopic (exact) mass is 464 g/mol. The number of ether oxygens (including phenoxy) is 1. The molecular formula is C27H32N2O5. The Kier molecular flexibility index (Phi) is 6.64. The lowest BCUT2D eigenvalue weighted by molar-refractivity contribution is -0.141. The van der Waals surface area contributed by atoms with Crippen molar-refractivity contribution in [3.63, 3.8) is 0 Å². The molecule has 0 spiro atoms. The van der Waals surface area contributed by atoms with Gasteiger partial charge in [0.05, 0.1) is 6.42 Å². The Hall–Kier alpha value is -3.35. The van der Waals surface area contributed by atoms with Crippen LogP contribution in [0.1, 0.15) is 50.7 Å². The van der Waals surface area contributed by atoms with Crippen molar-refractivity contribution < 1.29 is 24.2 Å². The van der Waals surface area contributed by atoms with E-state index in [1.54, 1.807) is 4.90 Å². The van der Waals surface area contributed by atoms with Gasteiger partial charge in [-0.2, -0.15) is 0 Å². The van der Waals surface area contributed by atoms with Crippen LogP contribution in [0.3, 0.4) is 0 Å². The molecule has 2 N–H and O–H groups in total. The second-order valence-electron chi connectivity index (χ2n) is 10.1. The van der Waals surface area contributed by atoms with Gasteiger partial charge in [-0.15, -0.1) is 0 Å². The van der Waals surface area contributed by atoms with Gasteiger partial charge >= 0.3 is 12.1 Å². The molecule has 34 heavy (non-hydrogen) atoms. The average Bonchev–Trinajstić information content (AvgIpc) is 3.50. The van der Waals surface area contributed by atoms with Gasteiger partial charge in [0.2, 0.25) is 5.91 Å². The summed E-state index contributed by atoms with van der Waals surface area (Å²) in [5.74, 6) is -1.12. The number of carbonyl (C=O) groups is 3. The molecule has 180 valence electrons. The molecule has 1 saturated carbocycles. The molecular weight excluding hydrogens is 432 g/mol. The quantitative estimate of drug-likeness (QED) is 0.609. The smallest absolute Gasteiger partial charge is 0.407 e. The summed E-state index contributed by atoms with van der Waals surface area (Å²) in [6.07, 6.45) is 0.110. The fourth-order valence-corrected chi connectivity index (χ4v) is 4.82. The first-order valence-electron chi connectivity index (χ1n) is 11.8. The molecule has 2 atom stereocenters. The van der Waals surface area contributed by atoms with Crippen molar-refractivity contribution in [3.8, 4) is 11.1 Å². The molecule has 2 aromatic carbocycles. The third-order valence-electron chi connectivity index (χ3n) is 6.72. The number of amides is 2. The van der Waals surface area contributed by atoms with Gasteiger partial charge in [-0.3, -0.25) is 9.59 Å². The van der Waals surface area contributed by atoms with Crippen LogP contribution in [-0.4, -0.2) is 53.2 Å². The zero-order chi connectivity index (χ0) is 24.5. The number of rotatable bonds is 8. The Bertz CT molecular complexity index is 1040. The number of nitrogens with zero attached hydrogens (tertiary/aromatic N) is 1. The van der Waals surface area contributed by atoms with E-state index in [0.717, 1.165) is 11.1 Å². The van der Waals surface area contributed by atoms with Gasteiger partial charge in [0.1, 0.15) is 6.61 Å². The lowest BCUT2D eigenvalue weighted by atomic mass is 9.98. The zero-order valence-electron chi connectivity index (χ0n) is 19.9. The summed E-state index contributed by atoms with van der Waals surface area (Å²) in [5.41, 5.74) is 4.22.